The maximum absolute atomic E-state index is 12.5. The summed E-state index contributed by atoms with van der Waals surface area (Å²) in [5.41, 5.74) is -1.21. The summed E-state index contributed by atoms with van der Waals surface area (Å²) in [4.78, 5) is 72.8. The van der Waals surface area contributed by atoms with Gasteiger partial charge >= 0.3 is 12.2 Å². The number of hydrogen-bond donors (Lipinski definition) is 3. The van der Waals surface area contributed by atoms with Gasteiger partial charge in [0.1, 0.15) is 17.3 Å². The maximum atomic E-state index is 12.5. The lowest BCUT2D eigenvalue weighted by Gasteiger charge is -2.28. The third kappa shape index (κ3) is 18.2. The summed E-state index contributed by atoms with van der Waals surface area (Å²) in [5.74, 6) is -0.830. The third-order valence-electron chi connectivity index (χ3n) is 6.74. The van der Waals surface area contributed by atoms with Crippen LogP contribution in [-0.4, -0.2) is 92.0 Å². The number of carbonyl (C=O) groups is 5. The minimum absolute atomic E-state index is 0.0747. The summed E-state index contributed by atoms with van der Waals surface area (Å²) in [7, 11) is 0. The highest BCUT2D eigenvalue weighted by Gasteiger charge is 2.27. The number of nitrogens with one attached hydrogen (secondary N) is 2. The fraction of sp³-hybridized carbons (Fsp3) is 0.694. The van der Waals surface area contributed by atoms with Crippen molar-refractivity contribution in [2.75, 3.05) is 36.8 Å². The molecule has 0 unspecified atom stereocenters. The molecule has 0 spiro atoms. The first-order valence-corrected chi connectivity index (χ1v) is 19.4. The molecule has 294 valence electrons. The number of anilines is 2. The first kappa shape index (κ1) is 46.4. The van der Waals surface area contributed by atoms with Gasteiger partial charge in [0.25, 0.3) is 0 Å². The third-order valence-corrected chi connectivity index (χ3v) is 8.70. The summed E-state index contributed by atoms with van der Waals surface area (Å²) in [6, 6.07) is 0. The lowest BCUT2D eigenvalue weighted by atomic mass is 10.2. The lowest BCUT2D eigenvalue weighted by Crippen LogP contribution is -2.40. The van der Waals surface area contributed by atoms with Gasteiger partial charge in [-0.05, 0) is 54.4 Å². The SMILES string of the molecule is CCCCN(CC(=O)c1cnc(NC(=O)C(C)C)s1)C(=O)OC(C)(C)C.CCCCN(C[C@H](O)c1cnc(NC(=O)C(C)C)s1)C(=O)OC(C)(C)C. The number of thiazole rings is 2. The van der Waals surface area contributed by atoms with Crippen LogP contribution in [0.2, 0.25) is 0 Å². The van der Waals surface area contributed by atoms with Crippen LogP contribution in [0.3, 0.4) is 0 Å². The monoisotopic (exact) mass is 768 g/mol. The quantitative estimate of drug-likeness (QED) is 0.143. The fourth-order valence-corrected chi connectivity index (χ4v) is 5.40. The van der Waals surface area contributed by atoms with Crippen molar-refractivity contribution in [3.8, 4) is 0 Å². The summed E-state index contributed by atoms with van der Waals surface area (Å²) in [5, 5.41) is 16.7. The molecule has 0 aromatic carbocycles. The van der Waals surface area contributed by atoms with E-state index in [4.69, 9.17) is 9.47 Å². The number of hydrogen-bond acceptors (Lipinski definition) is 12. The van der Waals surface area contributed by atoms with Crippen LogP contribution in [0.4, 0.5) is 19.9 Å². The number of aliphatic hydroxyl groups is 1. The van der Waals surface area contributed by atoms with E-state index in [1.165, 1.54) is 33.5 Å². The van der Waals surface area contributed by atoms with E-state index in [0.29, 0.717) is 33.1 Å². The standard InChI is InChI=1S/C18H31N3O4S.C18H29N3O4S/c2*1-7-8-9-21(17(24)25-18(4,5)6)11-13(22)14-10-19-16(26-14)20-15(23)12(2)3/h10,12-13,22H,7-9,11H2,1-6H3,(H,19,20,23);10,12H,7-9,11H2,1-6H3,(H,19,20,23)/t13-;/m0./s1. The number of carbonyl (C=O) groups excluding carboxylic acids is 5. The highest BCUT2D eigenvalue weighted by atomic mass is 32.1. The Balaban J connectivity index is 0.000000520. The first-order valence-electron chi connectivity index (χ1n) is 17.8. The van der Waals surface area contributed by atoms with Gasteiger partial charge in [0.15, 0.2) is 16.0 Å². The van der Waals surface area contributed by atoms with Crippen LogP contribution in [0.5, 0.6) is 0 Å². The molecule has 3 N–H and O–H groups in total. The predicted octanol–water partition coefficient (Wildman–Crippen LogP) is 7.77. The van der Waals surface area contributed by atoms with Crippen LogP contribution in [0.15, 0.2) is 12.4 Å². The van der Waals surface area contributed by atoms with Gasteiger partial charge in [-0.25, -0.2) is 19.6 Å². The van der Waals surface area contributed by atoms with Gasteiger partial charge in [0.2, 0.25) is 11.8 Å². The van der Waals surface area contributed by atoms with Crippen molar-refractivity contribution in [1.29, 1.82) is 0 Å². The Kier molecular flexibility index (Phi) is 19.4. The second-order valence-electron chi connectivity index (χ2n) is 14.9. The average molecular weight is 769 g/mol. The van der Waals surface area contributed by atoms with E-state index < -0.39 is 29.5 Å². The molecule has 2 aromatic rings. The molecule has 16 heteroatoms. The maximum Gasteiger partial charge on any atom is 0.410 e. The van der Waals surface area contributed by atoms with E-state index in [1.807, 2.05) is 34.6 Å². The summed E-state index contributed by atoms with van der Waals surface area (Å²) < 4.78 is 10.8. The lowest BCUT2D eigenvalue weighted by molar-refractivity contribution is -0.119. The van der Waals surface area contributed by atoms with Crippen molar-refractivity contribution in [1.82, 2.24) is 19.8 Å². The van der Waals surface area contributed by atoms with Crippen molar-refractivity contribution in [3.63, 3.8) is 0 Å². The molecule has 0 saturated heterocycles. The number of Topliss-reactive ketones (excluding diaryl/α,β-unsaturated/α-hetero) is 1. The number of unbranched alkanes of at least 4 members (excludes halogenated alkanes) is 2. The molecule has 0 fully saturated rings. The van der Waals surface area contributed by atoms with Crippen molar-refractivity contribution in [2.45, 2.75) is 126 Å². The number of ketones is 1. The normalized spacial score (nSPS) is 12.1. The number of rotatable bonds is 16. The van der Waals surface area contributed by atoms with Crippen LogP contribution < -0.4 is 10.6 Å². The van der Waals surface area contributed by atoms with E-state index in [2.05, 4.69) is 20.6 Å². The van der Waals surface area contributed by atoms with Crippen LogP contribution in [0.25, 0.3) is 0 Å². The highest BCUT2D eigenvalue weighted by Crippen LogP contribution is 2.26. The zero-order chi connectivity index (χ0) is 39.8. The molecule has 14 nitrogen and oxygen atoms in total. The first-order chi connectivity index (χ1) is 24.1. The Labute approximate surface area is 317 Å². The molecule has 52 heavy (non-hydrogen) atoms. The minimum Gasteiger partial charge on any atom is -0.444 e. The van der Waals surface area contributed by atoms with E-state index >= 15 is 0 Å². The molecule has 1 atom stereocenters. The smallest absolute Gasteiger partial charge is 0.410 e. The van der Waals surface area contributed by atoms with Gasteiger partial charge in [-0.2, -0.15) is 0 Å². The molecule has 2 aromatic heterocycles. The van der Waals surface area contributed by atoms with Gasteiger partial charge in [-0.1, -0.05) is 77.1 Å². The molecular formula is C36H60N6O8S2. The largest absolute Gasteiger partial charge is 0.444 e. The van der Waals surface area contributed by atoms with Gasteiger partial charge in [0, 0.05) is 31.1 Å². The molecule has 2 rings (SSSR count). The zero-order valence-corrected chi connectivity index (χ0v) is 34.6. The fourth-order valence-electron chi connectivity index (χ4n) is 3.85. The van der Waals surface area contributed by atoms with Crippen LogP contribution in [0, 0.1) is 11.8 Å². The van der Waals surface area contributed by atoms with E-state index in [1.54, 1.807) is 48.5 Å². The Hall–Kier alpha value is -3.63. The van der Waals surface area contributed by atoms with Crippen LogP contribution in [-0.2, 0) is 19.1 Å². The number of ether oxygens (including phenoxy) is 2. The zero-order valence-electron chi connectivity index (χ0n) is 33.0. The Morgan fingerprint density at radius 1 is 0.750 bits per heavy atom. The van der Waals surface area contributed by atoms with Gasteiger partial charge in [-0.15, -0.1) is 0 Å². The topological polar surface area (TPSA) is 180 Å². The molecule has 0 saturated carbocycles. The van der Waals surface area contributed by atoms with E-state index in [-0.39, 0.29) is 42.5 Å². The van der Waals surface area contributed by atoms with Crippen molar-refractivity contribution in [3.05, 3.63) is 22.1 Å². The predicted molar refractivity (Wildman–Crippen MR) is 206 cm³/mol. The summed E-state index contributed by atoms with van der Waals surface area (Å²) in [6.07, 6.45) is 4.56. The molecule has 0 aliphatic heterocycles. The molecule has 0 bridgehead atoms. The second-order valence-corrected chi connectivity index (χ2v) is 17.0. The van der Waals surface area contributed by atoms with Gasteiger partial charge < -0.3 is 35.0 Å². The number of aromatic nitrogens is 2. The average Bonchev–Trinajstić information content (AvgIpc) is 3.69. The molecular weight excluding hydrogens is 709 g/mol. The minimum atomic E-state index is -0.887. The number of nitrogens with zero attached hydrogens (tertiary/aromatic N) is 4. The Morgan fingerprint density at radius 2 is 1.19 bits per heavy atom. The van der Waals surface area contributed by atoms with E-state index in [0.717, 1.165) is 37.0 Å². The molecule has 0 aliphatic carbocycles. The van der Waals surface area contributed by atoms with Crippen molar-refractivity contribution < 1.29 is 38.6 Å². The molecule has 0 radical (unpaired) electrons. The summed E-state index contributed by atoms with van der Waals surface area (Å²) in [6.45, 7) is 23.0. The molecule has 4 amide bonds. The van der Waals surface area contributed by atoms with Gasteiger partial charge in [0.05, 0.1) is 29.0 Å². The number of amides is 4. The highest BCUT2D eigenvalue weighted by molar-refractivity contribution is 7.17. The molecule has 2 heterocycles. The second kappa shape index (κ2) is 21.8. The van der Waals surface area contributed by atoms with Crippen molar-refractivity contribution >= 4 is 62.7 Å². The van der Waals surface area contributed by atoms with Crippen LogP contribution >= 0.6 is 22.7 Å². The molecule has 0 aliphatic rings. The van der Waals surface area contributed by atoms with E-state index in [9.17, 15) is 29.1 Å². The Bertz CT molecular complexity index is 1440. The van der Waals surface area contributed by atoms with Gasteiger partial charge in [-0.3, -0.25) is 14.4 Å². The number of aliphatic hydroxyl groups excluding tert-OH is 1. The van der Waals surface area contributed by atoms with Crippen LogP contribution in [0.1, 0.15) is 129 Å². The van der Waals surface area contributed by atoms with Crippen molar-refractivity contribution in [2.24, 2.45) is 11.8 Å². The Morgan fingerprint density at radius 3 is 1.65 bits per heavy atom. The summed E-state index contributed by atoms with van der Waals surface area (Å²) >= 11 is 2.31.